The van der Waals surface area contributed by atoms with Gasteiger partial charge in [-0.2, -0.15) is 8.70 Å². The fourth-order valence-corrected chi connectivity index (χ4v) is 4.22. The molecule has 1 aromatic rings. The first-order valence-corrected chi connectivity index (χ1v) is 7.87. The number of piperazine rings is 1. The Morgan fingerprint density at radius 1 is 1.43 bits per heavy atom. The summed E-state index contributed by atoms with van der Waals surface area (Å²) in [6.45, 7) is 4.12. The Labute approximate surface area is 122 Å². The van der Waals surface area contributed by atoms with Crippen LogP contribution < -0.4 is 5.32 Å². The van der Waals surface area contributed by atoms with Gasteiger partial charge in [0.05, 0.1) is 4.92 Å². The Hall–Kier alpha value is -1.58. The molecule has 2 rings (SSSR count). The van der Waals surface area contributed by atoms with Crippen molar-refractivity contribution < 1.29 is 17.7 Å². The lowest BCUT2D eigenvalue weighted by atomic mass is 10.2. The topological polar surface area (TPSA) is 92.5 Å². The zero-order valence-corrected chi connectivity index (χ0v) is 12.4. The van der Waals surface area contributed by atoms with E-state index in [1.807, 2.05) is 6.92 Å². The molecule has 9 heteroatoms. The number of halogens is 1. The lowest BCUT2D eigenvalue weighted by Gasteiger charge is -2.36. The van der Waals surface area contributed by atoms with Crippen LogP contribution in [-0.4, -0.2) is 42.8 Å². The number of rotatable bonds is 3. The monoisotopic (exact) mass is 317 g/mol. The molecule has 1 aliphatic heterocycles. The molecule has 0 radical (unpaired) electrons. The number of benzene rings is 1. The van der Waals surface area contributed by atoms with E-state index < -0.39 is 31.3 Å². The largest absolute Gasteiger partial charge is 0.324 e. The van der Waals surface area contributed by atoms with Crippen molar-refractivity contribution in [3.63, 3.8) is 0 Å². The predicted molar refractivity (Wildman–Crippen MR) is 73.9 cm³/mol. The number of nitrogens with one attached hydrogen (secondary N) is 1. The van der Waals surface area contributed by atoms with Crippen LogP contribution in [0.4, 0.5) is 10.1 Å². The molecule has 2 unspecified atom stereocenters. The van der Waals surface area contributed by atoms with Gasteiger partial charge in [0.25, 0.3) is 0 Å². The van der Waals surface area contributed by atoms with Gasteiger partial charge in [-0.25, -0.2) is 8.42 Å². The summed E-state index contributed by atoms with van der Waals surface area (Å²) in [6, 6.07) is 2.65. The smallest absolute Gasteiger partial charge is 0.311 e. The number of para-hydroxylation sites is 1. The molecule has 21 heavy (non-hydrogen) atoms. The van der Waals surface area contributed by atoms with Gasteiger partial charge in [-0.1, -0.05) is 6.07 Å². The summed E-state index contributed by atoms with van der Waals surface area (Å²) in [5, 5.41) is 14.1. The second-order valence-corrected chi connectivity index (χ2v) is 6.94. The van der Waals surface area contributed by atoms with Gasteiger partial charge < -0.3 is 5.32 Å². The number of nitro groups is 1. The second-order valence-electron chi connectivity index (χ2n) is 5.08. The quantitative estimate of drug-likeness (QED) is 0.666. The van der Waals surface area contributed by atoms with Crippen molar-refractivity contribution in [1.82, 2.24) is 9.62 Å². The first kappa shape index (κ1) is 15.8. The fourth-order valence-electron chi connectivity index (χ4n) is 2.33. The van der Waals surface area contributed by atoms with Gasteiger partial charge in [-0.05, 0) is 26.0 Å². The fraction of sp³-hybridized carbons (Fsp3) is 0.500. The van der Waals surface area contributed by atoms with Crippen LogP contribution in [0, 0.1) is 15.9 Å². The SMILES string of the molecule is CC1CN(S(=O)(=O)c2cccc(F)c2[N+](=O)[O-])C(C)CN1. The predicted octanol–water partition coefficient (Wildman–Crippen LogP) is 1.10. The van der Waals surface area contributed by atoms with E-state index in [0.29, 0.717) is 6.54 Å². The van der Waals surface area contributed by atoms with Gasteiger partial charge in [0.2, 0.25) is 15.8 Å². The first-order valence-electron chi connectivity index (χ1n) is 6.43. The highest BCUT2D eigenvalue weighted by atomic mass is 32.2. The molecule has 0 aromatic heterocycles. The van der Waals surface area contributed by atoms with Crippen LogP contribution in [0.5, 0.6) is 0 Å². The molecule has 0 saturated carbocycles. The van der Waals surface area contributed by atoms with Crippen LogP contribution >= 0.6 is 0 Å². The van der Waals surface area contributed by atoms with Gasteiger partial charge in [0, 0.05) is 25.2 Å². The van der Waals surface area contributed by atoms with Crippen molar-refractivity contribution in [3.05, 3.63) is 34.1 Å². The Bertz CT molecular complexity index is 664. The van der Waals surface area contributed by atoms with Crippen molar-refractivity contribution in [2.75, 3.05) is 13.1 Å². The molecule has 1 aromatic carbocycles. The molecular formula is C12H16FN3O4S. The van der Waals surface area contributed by atoms with E-state index in [1.54, 1.807) is 6.92 Å². The van der Waals surface area contributed by atoms with Crippen molar-refractivity contribution in [2.24, 2.45) is 0 Å². The number of nitro benzene ring substituents is 1. The molecule has 7 nitrogen and oxygen atoms in total. The molecular weight excluding hydrogens is 301 g/mol. The maximum Gasteiger partial charge on any atom is 0.324 e. The van der Waals surface area contributed by atoms with Crippen LogP contribution in [0.25, 0.3) is 0 Å². The van der Waals surface area contributed by atoms with Crippen LogP contribution in [0.3, 0.4) is 0 Å². The summed E-state index contributed by atoms with van der Waals surface area (Å²) in [7, 11) is -4.13. The average molecular weight is 317 g/mol. The highest BCUT2D eigenvalue weighted by molar-refractivity contribution is 7.89. The normalized spacial score (nSPS) is 24.0. The summed E-state index contributed by atoms with van der Waals surface area (Å²) in [5.74, 6) is -1.16. The van der Waals surface area contributed by atoms with E-state index in [4.69, 9.17) is 0 Å². The summed E-state index contributed by atoms with van der Waals surface area (Å²) < 4.78 is 40.1. The van der Waals surface area contributed by atoms with E-state index >= 15 is 0 Å². The maximum atomic E-state index is 13.6. The minimum absolute atomic E-state index is 0.0800. The van der Waals surface area contributed by atoms with E-state index in [9.17, 15) is 22.9 Å². The highest BCUT2D eigenvalue weighted by Gasteiger charge is 2.38. The zero-order chi connectivity index (χ0) is 15.8. The molecule has 1 heterocycles. The zero-order valence-electron chi connectivity index (χ0n) is 11.6. The minimum atomic E-state index is -4.13. The molecule has 1 saturated heterocycles. The molecule has 0 amide bonds. The molecule has 0 bridgehead atoms. The third kappa shape index (κ3) is 2.89. The van der Waals surface area contributed by atoms with Gasteiger partial charge in [-0.15, -0.1) is 0 Å². The third-order valence-corrected chi connectivity index (χ3v) is 5.44. The lowest BCUT2D eigenvalue weighted by Crippen LogP contribution is -2.56. The van der Waals surface area contributed by atoms with Gasteiger partial charge in [0.15, 0.2) is 4.90 Å². The van der Waals surface area contributed by atoms with Crippen molar-refractivity contribution in [3.8, 4) is 0 Å². The minimum Gasteiger partial charge on any atom is -0.311 e. The molecule has 0 spiro atoms. The Kier molecular flexibility index (Phi) is 4.26. The summed E-state index contributed by atoms with van der Waals surface area (Å²) in [5.41, 5.74) is -1.00. The maximum absolute atomic E-state index is 13.6. The molecule has 1 N–H and O–H groups in total. The summed E-state index contributed by atoms with van der Waals surface area (Å²) in [4.78, 5) is 9.38. The summed E-state index contributed by atoms with van der Waals surface area (Å²) in [6.07, 6.45) is 0. The van der Waals surface area contributed by atoms with Crippen molar-refractivity contribution >= 4 is 15.7 Å². The Morgan fingerprint density at radius 3 is 2.71 bits per heavy atom. The number of hydrogen-bond acceptors (Lipinski definition) is 5. The second kappa shape index (κ2) is 5.66. The third-order valence-electron chi connectivity index (χ3n) is 3.43. The van der Waals surface area contributed by atoms with Gasteiger partial charge in [0.1, 0.15) is 0 Å². The highest BCUT2D eigenvalue weighted by Crippen LogP contribution is 2.30. The summed E-state index contributed by atoms with van der Waals surface area (Å²) >= 11 is 0. The van der Waals surface area contributed by atoms with Crippen LogP contribution in [0.2, 0.25) is 0 Å². The van der Waals surface area contributed by atoms with E-state index in [0.717, 1.165) is 18.2 Å². The molecule has 1 fully saturated rings. The van der Waals surface area contributed by atoms with Crippen LogP contribution in [-0.2, 0) is 10.0 Å². The molecule has 0 aliphatic carbocycles. The number of sulfonamides is 1. The lowest BCUT2D eigenvalue weighted by molar-refractivity contribution is -0.390. The Morgan fingerprint density at radius 2 is 2.10 bits per heavy atom. The Balaban J connectivity index is 2.54. The van der Waals surface area contributed by atoms with E-state index in [1.165, 1.54) is 4.31 Å². The van der Waals surface area contributed by atoms with E-state index in [-0.39, 0.29) is 18.6 Å². The standard InChI is InChI=1S/C12H16FN3O4S/c1-8-7-15(9(2)6-14-8)21(19,20)11-5-3-4-10(13)12(11)16(17)18/h3-5,8-9,14H,6-7H2,1-2H3. The van der Waals surface area contributed by atoms with E-state index in [2.05, 4.69) is 5.32 Å². The van der Waals surface area contributed by atoms with Gasteiger partial charge in [-0.3, -0.25) is 10.1 Å². The average Bonchev–Trinajstić information content (AvgIpc) is 2.40. The molecule has 1 aliphatic rings. The number of hydrogen-bond donors (Lipinski definition) is 1. The van der Waals surface area contributed by atoms with Gasteiger partial charge >= 0.3 is 5.69 Å². The van der Waals surface area contributed by atoms with Crippen molar-refractivity contribution in [1.29, 1.82) is 0 Å². The van der Waals surface area contributed by atoms with Crippen LogP contribution in [0.15, 0.2) is 23.1 Å². The van der Waals surface area contributed by atoms with Crippen LogP contribution in [0.1, 0.15) is 13.8 Å². The molecule has 116 valence electrons. The first-order chi connectivity index (χ1) is 9.75. The number of nitrogens with zero attached hydrogens (tertiary/aromatic N) is 2. The molecule has 2 atom stereocenters. The van der Waals surface area contributed by atoms with Crippen molar-refractivity contribution in [2.45, 2.75) is 30.8 Å².